The van der Waals surface area contributed by atoms with E-state index in [2.05, 4.69) is 27.6 Å². The number of nitrogens with zero attached hydrogens (tertiary/aromatic N) is 4. The van der Waals surface area contributed by atoms with E-state index in [1.165, 1.54) is 4.90 Å². The lowest BCUT2D eigenvalue weighted by Crippen LogP contribution is -2.27. The molecule has 1 aliphatic rings. The largest absolute Gasteiger partial charge is 0.368 e. The smallest absolute Gasteiger partial charge is 0.238 e. The van der Waals surface area contributed by atoms with Crippen molar-refractivity contribution in [2.45, 2.75) is 6.42 Å². The van der Waals surface area contributed by atoms with Crippen LogP contribution in [0.1, 0.15) is 6.42 Å². The fourth-order valence-electron chi connectivity index (χ4n) is 1.62. The SMILES string of the molecule is Nc1nc(N)nc(N2CC(CS)CC2=O)n1. The van der Waals surface area contributed by atoms with E-state index in [9.17, 15) is 4.79 Å². The van der Waals surface area contributed by atoms with Gasteiger partial charge in [0.25, 0.3) is 0 Å². The molecule has 0 saturated carbocycles. The highest BCUT2D eigenvalue weighted by Crippen LogP contribution is 2.23. The third-order valence-electron chi connectivity index (χ3n) is 2.36. The topological polar surface area (TPSA) is 111 Å². The molecule has 1 aromatic rings. The van der Waals surface area contributed by atoms with Crippen molar-refractivity contribution in [3.05, 3.63) is 0 Å². The van der Waals surface area contributed by atoms with Crippen molar-refractivity contribution >= 4 is 36.4 Å². The molecule has 2 heterocycles. The summed E-state index contributed by atoms with van der Waals surface area (Å²) in [5.74, 6) is 1.09. The first-order chi connectivity index (χ1) is 7.60. The number of nitrogen functional groups attached to an aromatic ring is 2. The number of carbonyl (C=O) groups excluding carboxylic acids is 1. The van der Waals surface area contributed by atoms with Crippen LogP contribution in [0.3, 0.4) is 0 Å². The molecule has 7 nitrogen and oxygen atoms in total. The summed E-state index contributed by atoms with van der Waals surface area (Å²) in [4.78, 5) is 24.6. The van der Waals surface area contributed by atoms with E-state index >= 15 is 0 Å². The van der Waals surface area contributed by atoms with Gasteiger partial charge in [0, 0.05) is 13.0 Å². The number of hydrogen-bond acceptors (Lipinski definition) is 7. The standard InChI is InChI=1S/C8H12N6OS/c9-6-11-7(10)13-8(12-6)14-2-4(3-16)1-5(14)15/h4,16H,1-3H2,(H4,9,10,11,12,13). The Labute approximate surface area is 97.7 Å². The molecule has 1 amide bonds. The highest BCUT2D eigenvalue weighted by Gasteiger charge is 2.31. The molecule has 16 heavy (non-hydrogen) atoms. The number of aromatic nitrogens is 3. The number of rotatable bonds is 2. The molecule has 1 atom stereocenters. The van der Waals surface area contributed by atoms with Gasteiger partial charge < -0.3 is 11.5 Å². The van der Waals surface area contributed by atoms with E-state index < -0.39 is 0 Å². The maximum absolute atomic E-state index is 11.7. The molecule has 8 heteroatoms. The highest BCUT2D eigenvalue weighted by molar-refractivity contribution is 7.80. The molecule has 1 saturated heterocycles. The first-order valence-electron chi connectivity index (χ1n) is 4.78. The normalized spacial score (nSPS) is 20.4. The van der Waals surface area contributed by atoms with Gasteiger partial charge >= 0.3 is 0 Å². The molecule has 86 valence electrons. The predicted molar refractivity (Wildman–Crippen MR) is 63.0 cm³/mol. The van der Waals surface area contributed by atoms with Crippen LogP contribution in [0, 0.1) is 5.92 Å². The fourth-order valence-corrected chi connectivity index (χ4v) is 1.86. The molecule has 0 radical (unpaired) electrons. The second-order valence-electron chi connectivity index (χ2n) is 3.61. The van der Waals surface area contributed by atoms with Crippen LogP contribution in [-0.2, 0) is 4.79 Å². The number of thiol groups is 1. The molecule has 0 spiro atoms. The average molecular weight is 240 g/mol. The van der Waals surface area contributed by atoms with Crippen LogP contribution in [0.5, 0.6) is 0 Å². The lowest BCUT2D eigenvalue weighted by atomic mass is 10.1. The van der Waals surface area contributed by atoms with Gasteiger partial charge in [-0.2, -0.15) is 27.6 Å². The summed E-state index contributed by atoms with van der Waals surface area (Å²) in [5.41, 5.74) is 10.9. The Balaban J connectivity index is 2.27. The lowest BCUT2D eigenvalue weighted by Gasteiger charge is -2.14. The van der Waals surface area contributed by atoms with Crippen LogP contribution in [0.2, 0.25) is 0 Å². The molecule has 1 fully saturated rings. The molecule has 1 aromatic heterocycles. The number of anilines is 3. The zero-order chi connectivity index (χ0) is 11.7. The highest BCUT2D eigenvalue weighted by atomic mass is 32.1. The van der Waals surface area contributed by atoms with Crippen LogP contribution >= 0.6 is 12.6 Å². The Kier molecular flexibility index (Phi) is 2.82. The second kappa shape index (κ2) is 4.12. The van der Waals surface area contributed by atoms with Crippen LogP contribution < -0.4 is 16.4 Å². The first kappa shape index (κ1) is 10.9. The van der Waals surface area contributed by atoms with Crippen molar-refractivity contribution in [3.63, 3.8) is 0 Å². The molecule has 0 bridgehead atoms. The summed E-state index contributed by atoms with van der Waals surface area (Å²) in [6.45, 7) is 0.547. The van der Waals surface area contributed by atoms with Crippen LogP contribution in [0.15, 0.2) is 0 Å². The van der Waals surface area contributed by atoms with E-state index in [0.29, 0.717) is 18.7 Å². The minimum Gasteiger partial charge on any atom is -0.368 e. The Morgan fingerprint density at radius 3 is 2.44 bits per heavy atom. The van der Waals surface area contributed by atoms with Gasteiger partial charge in [-0.3, -0.25) is 9.69 Å². The zero-order valence-electron chi connectivity index (χ0n) is 8.50. The van der Waals surface area contributed by atoms with Crippen molar-refractivity contribution in [3.8, 4) is 0 Å². The summed E-state index contributed by atoms with van der Waals surface area (Å²) < 4.78 is 0. The van der Waals surface area contributed by atoms with Gasteiger partial charge in [0.2, 0.25) is 23.8 Å². The second-order valence-corrected chi connectivity index (χ2v) is 3.97. The quantitative estimate of drug-likeness (QED) is 0.590. The van der Waals surface area contributed by atoms with E-state index in [1.807, 2.05) is 0 Å². The van der Waals surface area contributed by atoms with Crippen LogP contribution in [-0.4, -0.2) is 33.2 Å². The summed E-state index contributed by atoms with van der Waals surface area (Å²) in [6, 6.07) is 0. The molecule has 1 aliphatic heterocycles. The van der Waals surface area contributed by atoms with E-state index in [4.69, 9.17) is 11.5 Å². The van der Waals surface area contributed by atoms with Gasteiger partial charge in [-0.05, 0) is 11.7 Å². The molecule has 0 aromatic carbocycles. The number of carbonyl (C=O) groups is 1. The van der Waals surface area contributed by atoms with Crippen LogP contribution in [0.4, 0.5) is 17.8 Å². The molecule has 4 N–H and O–H groups in total. The van der Waals surface area contributed by atoms with Gasteiger partial charge in [0.1, 0.15) is 0 Å². The van der Waals surface area contributed by atoms with Gasteiger partial charge in [-0.25, -0.2) is 0 Å². The Hall–Kier alpha value is -1.57. The van der Waals surface area contributed by atoms with Gasteiger partial charge in [0.15, 0.2) is 0 Å². The third kappa shape index (κ3) is 2.01. The molecule has 0 aliphatic carbocycles. The van der Waals surface area contributed by atoms with E-state index in [-0.39, 0.29) is 29.7 Å². The minimum absolute atomic E-state index is 0.0182. The van der Waals surface area contributed by atoms with Crippen molar-refractivity contribution in [1.82, 2.24) is 15.0 Å². The van der Waals surface area contributed by atoms with Gasteiger partial charge in [0.05, 0.1) is 0 Å². The third-order valence-corrected chi connectivity index (χ3v) is 2.88. The number of amides is 1. The summed E-state index contributed by atoms with van der Waals surface area (Å²) >= 11 is 4.17. The van der Waals surface area contributed by atoms with E-state index in [1.54, 1.807) is 0 Å². The first-order valence-corrected chi connectivity index (χ1v) is 5.41. The van der Waals surface area contributed by atoms with Gasteiger partial charge in [-0.15, -0.1) is 0 Å². The fraction of sp³-hybridized carbons (Fsp3) is 0.500. The Morgan fingerprint density at radius 1 is 1.31 bits per heavy atom. The maximum Gasteiger partial charge on any atom is 0.238 e. The van der Waals surface area contributed by atoms with Crippen molar-refractivity contribution in [1.29, 1.82) is 0 Å². The monoisotopic (exact) mass is 240 g/mol. The number of hydrogen-bond donors (Lipinski definition) is 3. The Bertz CT molecular complexity index is 405. The Morgan fingerprint density at radius 2 is 1.94 bits per heavy atom. The molecule has 1 unspecified atom stereocenters. The van der Waals surface area contributed by atoms with Crippen molar-refractivity contribution in [2.24, 2.45) is 5.92 Å². The minimum atomic E-state index is -0.0379. The maximum atomic E-state index is 11.7. The van der Waals surface area contributed by atoms with E-state index in [0.717, 1.165) is 0 Å². The van der Waals surface area contributed by atoms with Crippen molar-refractivity contribution in [2.75, 3.05) is 28.7 Å². The average Bonchev–Trinajstić information content (AvgIpc) is 2.58. The lowest BCUT2D eigenvalue weighted by molar-refractivity contribution is -0.117. The predicted octanol–water partition coefficient (Wildman–Crippen LogP) is -0.681. The summed E-state index contributed by atoms with van der Waals surface area (Å²) in [5, 5.41) is 0. The van der Waals surface area contributed by atoms with Gasteiger partial charge in [-0.1, -0.05) is 0 Å². The number of nitrogens with two attached hydrogens (primary N) is 2. The zero-order valence-corrected chi connectivity index (χ0v) is 9.39. The molecule has 2 rings (SSSR count). The summed E-state index contributed by atoms with van der Waals surface area (Å²) in [7, 11) is 0. The van der Waals surface area contributed by atoms with Crippen LogP contribution in [0.25, 0.3) is 0 Å². The molecular formula is C8H12N6OS. The van der Waals surface area contributed by atoms with Crippen molar-refractivity contribution < 1.29 is 4.79 Å². The molecular weight excluding hydrogens is 228 g/mol. The summed E-state index contributed by atoms with van der Waals surface area (Å²) in [6.07, 6.45) is 0.453.